The van der Waals surface area contributed by atoms with Crippen molar-refractivity contribution in [2.45, 2.75) is 5.88 Å². The van der Waals surface area contributed by atoms with Gasteiger partial charge >= 0.3 is 0 Å². The standard InChI is InChI=1S/C8H5BrClNOS/c9-7-5(3-10)13-4-1-2-11-8(12)6(4)7/h1-2H,3H2,(H,11,12). The highest BCUT2D eigenvalue weighted by molar-refractivity contribution is 9.10. The fourth-order valence-corrected chi connectivity index (χ4v) is 3.47. The van der Waals surface area contributed by atoms with E-state index in [1.165, 1.54) is 11.3 Å². The number of nitrogens with one attached hydrogen (secondary N) is 1. The van der Waals surface area contributed by atoms with Crippen molar-refractivity contribution in [2.75, 3.05) is 0 Å². The normalized spacial score (nSPS) is 10.9. The van der Waals surface area contributed by atoms with Crippen LogP contribution >= 0.6 is 38.9 Å². The minimum atomic E-state index is -0.0722. The maximum Gasteiger partial charge on any atom is 0.257 e. The van der Waals surface area contributed by atoms with Crippen molar-refractivity contribution in [1.82, 2.24) is 4.98 Å². The van der Waals surface area contributed by atoms with E-state index < -0.39 is 0 Å². The molecule has 68 valence electrons. The van der Waals surface area contributed by atoms with E-state index in [9.17, 15) is 4.79 Å². The predicted molar refractivity (Wildman–Crippen MR) is 59.7 cm³/mol. The summed E-state index contributed by atoms with van der Waals surface area (Å²) in [5.41, 5.74) is -0.0722. The number of aromatic amines is 1. The Hall–Kier alpha value is -0.320. The molecular weight excluding hydrogens is 274 g/mol. The lowest BCUT2D eigenvalue weighted by atomic mass is 10.3. The first kappa shape index (κ1) is 9.24. The summed E-state index contributed by atoms with van der Waals surface area (Å²) >= 11 is 10.6. The number of thiophene rings is 1. The Morgan fingerprint density at radius 2 is 2.38 bits per heavy atom. The third kappa shape index (κ3) is 1.43. The highest BCUT2D eigenvalue weighted by atomic mass is 79.9. The fraction of sp³-hybridized carbons (Fsp3) is 0.125. The largest absolute Gasteiger partial charge is 0.328 e. The Morgan fingerprint density at radius 3 is 3.00 bits per heavy atom. The number of rotatable bonds is 1. The van der Waals surface area contributed by atoms with Crippen molar-refractivity contribution < 1.29 is 0 Å². The molecule has 0 saturated carbocycles. The van der Waals surface area contributed by atoms with Gasteiger partial charge in [0.1, 0.15) is 0 Å². The van der Waals surface area contributed by atoms with Crippen molar-refractivity contribution in [3.05, 3.63) is 32.0 Å². The first-order chi connectivity index (χ1) is 6.24. The van der Waals surface area contributed by atoms with Gasteiger partial charge in [0.2, 0.25) is 0 Å². The summed E-state index contributed by atoms with van der Waals surface area (Å²) in [6.07, 6.45) is 1.64. The molecule has 0 aromatic carbocycles. The van der Waals surface area contributed by atoms with Crippen LogP contribution in [-0.4, -0.2) is 4.98 Å². The SMILES string of the molecule is O=c1[nH]ccc2sc(CCl)c(Br)c12. The zero-order valence-corrected chi connectivity index (χ0v) is 9.59. The Morgan fingerprint density at radius 1 is 1.62 bits per heavy atom. The first-order valence-electron chi connectivity index (χ1n) is 3.58. The van der Waals surface area contributed by atoms with E-state index in [2.05, 4.69) is 20.9 Å². The maximum absolute atomic E-state index is 11.4. The third-order valence-corrected chi connectivity index (χ3v) is 4.46. The molecule has 0 aliphatic carbocycles. The molecule has 0 unspecified atom stereocenters. The zero-order valence-electron chi connectivity index (χ0n) is 6.43. The van der Waals surface area contributed by atoms with E-state index in [0.717, 1.165) is 14.0 Å². The number of halogens is 2. The topological polar surface area (TPSA) is 32.9 Å². The van der Waals surface area contributed by atoms with Crippen molar-refractivity contribution in [3.63, 3.8) is 0 Å². The minimum Gasteiger partial charge on any atom is -0.328 e. The Kier molecular flexibility index (Phi) is 2.45. The number of H-pyrrole nitrogens is 1. The Balaban J connectivity index is 2.93. The minimum absolute atomic E-state index is 0.0722. The molecule has 13 heavy (non-hydrogen) atoms. The number of hydrogen-bond donors (Lipinski definition) is 1. The van der Waals surface area contributed by atoms with E-state index in [0.29, 0.717) is 11.3 Å². The summed E-state index contributed by atoms with van der Waals surface area (Å²) < 4.78 is 1.79. The molecule has 5 heteroatoms. The molecule has 0 aliphatic rings. The maximum atomic E-state index is 11.4. The van der Waals surface area contributed by atoms with Crippen molar-refractivity contribution in [3.8, 4) is 0 Å². The van der Waals surface area contributed by atoms with E-state index in [1.54, 1.807) is 6.20 Å². The highest BCUT2D eigenvalue weighted by Gasteiger charge is 2.10. The molecule has 2 nitrogen and oxygen atoms in total. The van der Waals surface area contributed by atoms with E-state index in [-0.39, 0.29) is 5.56 Å². The van der Waals surface area contributed by atoms with Crippen LogP contribution in [0.2, 0.25) is 0 Å². The van der Waals surface area contributed by atoms with Crippen LogP contribution in [0.5, 0.6) is 0 Å². The van der Waals surface area contributed by atoms with Crippen LogP contribution < -0.4 is 5.56 Å². The summed E-state index contributed by atoms with van der Waals surface area (Å²) in [4.78, 5) is 15.0. The number of pyridine rings is 1. The van der Waals surface area contributed by atoms with Crippen LogP contribution in [-0.2, 0) is 5.88 Å². The molecule has 2 aromatic heterocycles. The Bertz CT molecular complexity index is 504. The smallest absolute Gasteiger partial charge is 0.257 e. The number of aromatic nitrogens is 1. The summed E-state index contributed by atoms with van der Waals surface area (Å²) in [6.45, 7) is 0. The van der Waals surface area contributed by atoms with Crippen molar-refractivity contribution >= 4 is 49.0 Å². The van der Waals surface area contributed by atoms with Gasteiger partial charge in [-0.2, -0.15) is 0 Å². The van der Waals surface area contributed by atoms with Crippen LogP contribution in [0.15, 0.2) is 21.5 Å². The van der Waals surface area contributed by atoms with Gasteiger partial charge in [-0.05, 0) is 22.0 Å². The van der Waals surface area contributed by atoms with Gasteiger partial charge in [-0.15, -0.1) is 22.9 Å². The second-order valence-electron chi connectivity index (χ2n) is 2.52. The molecule has 0 fully saturated rings. The molecule has 2 aromatic rings. The summed E-state index contributed by atoms with van der Waals surface area (Å²) in [6, 6.07) is 1.88. The molecule has 1 N–H and O–H groups in total. The second kappa shape index (κ2) is 3.44. The van der Waals surface area contributed by atoms with Gasteiger partial charge < -0.3 is 4.98 Å². The quantitative estimate of drug-likeness (QED) is 0.799. The molecule has 0 bridgehead atoms. The number of hydrogen-bond acceptors (Lipinski definition) is 2. The van der Waals surface area contributed by atoms with Gasteiger partial charge in [-0.3, -0.25) is 4.79 Å². The van der Waals surface area contributed by atoms with Gasteiger partial charge in [0.15, 0.2) is 0 Å². The van der Waals surface area contributed by atoms with Gasteiger partial charge in [0.05, 0.1) is 11.3 Å². The van der Waals surface area contributed by atoms with Crippen LogP contribution in [0.25, 0.3) is 10.1 Å². The lowest BCUT2D eigenvalue weighted by molar-refractivity contribution is 1.28. The number of alkyl halides is 1. The van der Waals surface area contributed by atoms with Gasteiger partial charge in [0, 0.05) is 20.2 Å². The molecule has 0 atom stereocenters. The molecule has 2 heterocycles. The number of fused-ring (bicyclic) bond motifs is 1. The fourth-order valence-electron chi connectivity index (χ4n) is 1.16. The average molecular weight is 279 g/mol. The monoisotopic (exact) mass is 277 g/mol. The predicted octanol–water partition coefficient (Wildman–Crippen LogP) is 3.09. The average Bonchev–Trinajstić information content (AvgIpc) is 2.44. The van der Waals surface area contributed by atoms with E-state index in [1.807, 2.05) is 6.07 Å². The molecule has 0 amide bonds. The van der Waals surface area contributed by atoms with E-state index >= 15 is 0 Å². The molecule has 0 spiro atoms. The van der Waals surface area contributed by atoms with Crippen LogP contribution in [0.4, 0.5) is 0 Å². The van der Waals surface area contributed by atoms with Gasteiger partial charge in [-0.1, -0.05) is 0 Å². The Labute approximate surface area is 91.7 Å². The lowest BCUT2D eigenvalue weighted by Crippen LogP contribution is -2.02. The lowest BCUT2D eigenvalue weighted by Gasteiger charge is -1.88. The van der Waals surface area contributed by atoms with Crippen LogP contribution in [0.1, 0.15) is 4.88 Å². The van der Waals surface area contributed by atoms with Gasteiger partial charge in [0.25, 0.3) is 5.56 Å². The summed E-state index contributed by atoms with van der Waals surface area (Å²) in [5, 5.41) is 0.697. The van der Waals surface area contributed by atoms with E-state index in [4.69, 9.17) is 11.6 Å². The molecule has 0 aliphatic heterocycles. The molecular formula is C8H5BrClNOS. The van der Waals surface area contributed by atoms with Crippen LogP contribution in [0, 0.1) is 0 Å². The molecule has 0 saturated heterocycles. The third-order valence-electron chi connectivity index (χ3n) is 1.74. The van der Waals surface area contributed by atoms with Crippen LogP contribution in [0.3, 0.4) is 0 Å². The molecule has 2 rings (SSSR count). The highest BCUT2D eigenvalue weighted by Crippen LogP contribution is 2.33. The molecule has 0 radical (unpaired) electrons. The van der Waals surface area contributed by atoms with Gasteiger partial charge in [-0.25, -0.2) is 0 Å². The summed E-state index contributed by atoms with van der Waals surface area (Å²) in [7, 11) is 0. The van der Waals surface area contributed by atoms with Crippen molar-refractivity contribution in [1.29, 1.82) is 0 Å². The summed E-state index contributed by atoms with van der Waals surface area (Å²) in [5.74, 6) is 0.430. The zero-order chi connectivity index (χ0) is 9.42. The first-order valence-corrected chi connectivity index (χ1v) is 5.73. The second-order valence-corrected chi connectivity index (χ2v) is 4.72. The van der Waals surface area contributed by atoms with Crippen molar-refractivity contribution in [2.24, 2.45) is 0 Å².